The number of hydrogen-bond acceptors (Lipinski definition) is 1. The van der Waals surface area contributed by atoms with Gasteiger partial charge in [-0.1, -0.05) is 19.3 Å². The summed E-state index contributed by atoms with van der Waals surface area (Å²) in [5.74, 6) is 3.66. The molecule has 0 aliphatic heterocycles. The normalized spacial score (nSPS) is 18.4. The van der Waals surface area contributed by atoms with Gasteiger partial charge in [0.25, 0.3) is 0 Å². The highest BCUT2D eigenvalue weighted by Gasteiger charge is 2.14. The van der Waals surface area contributed by atoms with Gasteiger partial charge in [-0.15, -0.1) is 12.3 Å². The van der Waals surface area contributed by atoms with Crippen LogP contribution in [0.4, 0.5) is 0 Å². The molecule has 0 N–H and O–H groups in total. The van der Waals surface area contributed by atoms with Gasteiger partial charge >= 0.3 is 0 Å². The molecule has 0 spiro atoms. The molecule has 14 heavy (non-hydrogen) atoms. The quantitative estimate of drug-likeness (QED) is 0.479. The maximum Gasteiger partial charge on any atom is 0.00982 e. The van der Waals surface area contributed by atoms with E-state index in [9.17, 15) is 0 Å². The summed E-state index contributed by atoms with van der Waals surface area (Å²) < 4.78 is 0. The number of rotatable bonds is 5. The molecule has 0 aromatic heterocycles. The lowest BCUT2D eigenvalue weighted by Crippen LogP contribution is -2.27. The highest BCUT2D eigenvalue weighted by atomic mass is 15.1. The Bertz CT molecular complexity index is 174. The van der Waals surface area contributed by atoms with Crippen LogP contribution < -0.4 is 0 Å². The summed E-state index contributed by atoms with van der Waals surface area (Å²) in [4.78, 5) is 2.45. The van der Waals surface area contributed by atoms with E-state index in [1.54, 1.807) is 0 Å². The van der Waals surface area contributed by atoms with Crippen molar-refractivity contribution in [3.05, 3.63) is 0 Å². The lowest BCUT2D eigenvalue weighted by atomic mass is 9.89. The fourth-order valence-electron chi connectivity index (χ4n) is 2.35. The van der Waals surface area contributed by atoms with Crippen molar-refractivity contribution in [3.63, 3.8) is 0 Å². The minimum Gasteiger partial charge on any atom is -0.306 e. The number of unbranched alkanes of at least 4 members (excludes halogenated alkanes) is 1. The molecule has 1 fully saturated rings. The molecule has 1 rings (SSSR count). The van der Waals surface area contributed by atoms with Crippen molar-refractivity contribution in [2.45, 2.75) is 44.9 Å². The Balaban J connectivity index is 2.06. The van der Waals surface area contributed by atoms with Gasteiger partial charge in [0.15, 0.2) is 0 Å². The molecule has 0 bridgehead atoms. The van der Waals surface area contributed by atoms with Crippen LogP contribution in [0.5, 0.6) is 0 Å². The molecule has 0 radical (unpaired) electrons. The molecule has 1 aliphatic rings. The standard InChI is InChI=1S/C13H23N/c1-3-4-8-11-14(2)12-13-9-6-5-7-10-13/h1,13H,4-12H2,2H3. The molecule has 1 heteroatoms. The summed E-state index contributed by atoms with van der Waals surface area (Å²) >= 11 is 0. The third-order valence-electron chi connectivity index (χ3n) is 3.16. The highest BCUT2D eigenvalue weighted by Crippen LogP contribution is 2.24. The van der Waals surface area contributed by atoms with Gasteiger partial charge in [0.2, 0.25) is 0 Å². The van der Waals surface area contributed by atoms with Gasteiger partial charge in [-0.05, 0) is 38.8 Å². The van der Waals surface area contributed by atoms with Gasteiger partial charge in [-0.3, -0.25) is 0 Å². The van der Waals surface area contributed by atoms with Crippen molar-refractivity contribution >= 4 is 0 Å². The van der Waals surface area contributed by atoms with Crippen molar-refractivity contribution in [3.8, 4) is 12.3 Å². The van der Waals surface area contributed by atoms with Crippen molar-refractivity contribution in [1.29, 1.82) is 0 Å². The van der Waals surface area contributed by atoms with E-state index in [2.05, 4.69) is 17.9 Å². The average molecular weight is 193 g/mol. The summed E-state index contributed by atoms with van der Waals surface area (Å²) in [6.07, 6.45) is 14.5. The van der Waals surface area contributed by atoms with Crippen LogP contribution in [0.3, 0.4) is 0 Å². The smallest absolute Gasteiger partial charge is 0.00982 e. The topological polar surface area (TPSA) is 3.24 Å². The maximum absolute atomic E-state index is 5.23. The Hall–Kier alpha value is -0.480. The first-order valence-corrected chi connectivity index (χ1v) is 5.95. The minimum absolute atomic E-state index is 0.926. The van der Waals surface area contributed by atoms with E-state index < -0.39 is 0 Å². The Morgan fingerprint density at radius 3 is 2.64 bits per heavy atom. The van der Waals surface area contributed by atoms with Crippen LogP contribution in [0.15, 0.2) is 0 Å². The van der Waals surface area contributed by atoms with Gasteiger partial charge < -0.3 is 4.90 Å². The first-order valence-electron chi connectivity index (χ1n) is 5.95. The van der Waals surface area contributed by atoms with Crippen LogP contribution in [-0.4, -0.2) is 25.0 Å². The van der Waals surface area contributed by atoms with Crippen LogP contribution in [0.1, 0.15) is 44.9 Å². The summed E-state index contributed by atoms with van der Waals surface area (Å²) in [6.45, 7) is 2.45. The number of nitrogens with zero attached hydrogens (tertiary/aromatic N) is 1. The molecule has 1 aliphatic carbocycles. The van der Waals surface area contributed by atoms with Crippen LogP contribution >= 0.6 is 0 Å². The van der Waals surface area contributed by atoms with Crippen molar-refractivity contribution in [2.24, 2.45) is 5.92 Å². The molecule has 0 saturated heterocycles. The lowest BCUT2D eigenvalue weighted by molar-refractivity contribution is 0.232. The predicted octanol–water partition coefficient (Wildman–Crippen LogP) is 2.91. The predicted molar refractivity (Wildman–Crippen MR) is 62.1 cm³/mol. The number of hydrogen-bond donors (Lipinski definition) is 0. The van der Waals surface area contributed by atoms with E-state index >= 15 is 0 Å². The molecule has 80 valence electrons. The third kappa shape index (κ3) is 4.67. The molecule has 1 nitrogen and oxygen atoms in total. The molecule has 0 aromatic carbocycles. The van der Waals surface area contributed by atoms with Gasteiger partial charge in [-0.25, -0.2) is 0 Å². The van der Waals surface area contributed by atoms with Gasteiger partial charge in [0, 0.05) is 13.0 Å². The summed E-state index contributed by atoms with van der Waals surface area (Å²) in [6, 6.07) is 0. The fourth-order valence-corrected chi connectivity index (χ4v) is 2.35. The van der Waals surface area contributed by atoms with Crippen LogP contribution in [0.2, 0.25) is 0 Å². The van der Waals surface area contributed by atoms with E-state index in [0.29, 0.717) is 0 Å². The average Bonchev–Trinajstić information content (AvgIpc) is 2.20. The third-order valence-corrected chi connectivity index (χ3v) is 3.16. The van der Waals surface area contributed by atoms with E-state index in [-0.39, 0.29) is 0 Å². The Morgan fingerprint density at radius 2 is 2.00 bits per heavy atom. The summed E-state index contributed by atoms with van der Waals surface area (Å²) in [5.41, 5.74) is 0. The van der Waals surface area contributed by atoms with Crippen molar-refractivity contribution in [1.82, 2.24) is 4.90 Å². The molecule has 0 atom stereocenters. The van der Waals surface area contributed by atoms with E-state index in [1.165, 1.54) is 45.2 Å². The van der Waals surface area contributed by atoms with Gasteiger partial charge in [0.1, 0.15) is 0 Å². The Kier molecular flexibility index (Phi) is 5.71. The first kappa shape index (κ1) is 11.6. The Labute approximate surface area is 88.9 Å². The largest absolute Gasteiger partial charge is 0.306 e. The second-order valence-corrected chi connectivity index (χ2v) is 4.57. The second-order valence-electron chi connectivity index (χ2n) is 4.57. The molecule has 0 aromatic rings. The zero-order valence-electron chi connectivity index (χ0n) is 9.47. The SMILES string of the molecule is C#CCCCN(C)CC1CCCCC1. The zero-order chi connectivity index (χ0) is 10.2. The van der Waals surface area contributed by atoms with Crippen molar-refractivity contribution < 1.29 is 0 Å². The monoisotopic (exact) mass is 193 g/mol. The molecule has 1 saturated carbocycles. The zero-order valence-corrected chi connectivity index (χ0v) is 9.47. The van der Waals surface area contributed by atoms with Crippen LogP contribution in [0.25, 0.3) is 0 Å². The minimum atomic E-state index is 0.926. The van der Waals surface area contributed by atoms with E-state index in [1.807, 2.05) is 0 Å². The molecule has 0 amide bonds. The molecular weight excluding hydrogens is 170 g/mol. The Morgan fingerprint density at radius 1 is 1.29 bits per heavy atom. The van der Waals surface area contributed by atoms with Crippen LogP contribution in [0, 0.1) is 18.3 Å². The molecule has 0 heterocycles. The van der Waals surface area contributed by atoms with Gasteiger partial charge in [-0.2, -0.15) is 0 Å². The van der Waals surface area contributed by atoms with E-state index in [4.69, 9.17) is 6.42 Å². The van der Waals surface area contributed by atoms with Crippen molar-refractivity contribution in [2.75, 3.05) is 20.1 Å². The highest BCUT2D eigenvalue weighted by molar-refractivity contribution is 4.83. The lowest BCUT2D eigenvalue weighted by Gasteiger charge is -2.26. The first-order chi connectivity index (χ1) is 6.83. The molecular formula is C13H23N. The maximum atomic E-state index is 5.23. The van der Waals surface area contributed by atoms with Gasteiger partial charge in [0.05, 0.1) is 0 Å². The fraction of sp³-hybridized carbons (Fsp3) is 0.846. The number of terminal acetylenes is 1. The summed E-state index contributed by atoms with van der Waals surface area (Å²) in [7, 11) is 2.23. The second kappa shape index (κ2) is 6.90. The van der Waals surface area contributed by atoms with E-state index in [0.717, 1.165) is 18.8 Å². The molecule has 0 unspecified atom stereocenters. The summed E-state index contributed by atoms with van der Waals surface area (Å²) in [5, 5.41) is 0. The van der Waals surface area contributed by atoms with Crippen LogP contribution in [-0.2, 0) is 0 Å².